The molecular weight excluding hydrogens is 230 g/mol. The van der Waals surface area contributed by atoms with Crippen LogP contribution < -0.4 is 15.2 Å². The van der Waals surface area contributed by atoms with Gasteiger partial charge in [0.05, 0.1) is 14.2 Å². The third kappa shape index (κ3) is 3.58. The highest BCUT2D eigenvalue weighted by atomic mass is 16.5. The minimum atomic E-state index is 0.410. The van der Waals surface area contributed by atoms with Crippen LogP contribution in [-0.2, 0) is 6.54 Å². The Hall–Kier alpha value is -1.33. The van der Waals surface area contributed by atoms with Crippen molar-refractivity contribution in [3.63, 3.8) is 0 Å². The molecule has 1 rings (SSSR count). The van der Waals surface area contributed by atoms with Gasteiger partial charge in [0.1, 0.15) is 5.69 Å². The van der Waals surface area contributed by atoms with Crippen LogP contribution in [0.3, 0.4) is 0 Å². The number of methoxy groups -OCH3 is 2. The zero-order valence-electron chi connectivity index (χ0n) is 11.6. The van der Waals surface area contributed by atoms with Crippen molar-refractivity contribution < 1.29 is 9.47 Å². The van der Waals surface area contributed by atoms with Crippen molar-refractivity contribution in [2.45, 2.75) is 25.9 Å². The number of pyridine rings is 1. The lowest BCUT2D eigenvalue weighted by Crippen LogP contribution is -2.31. The lowest BCUT2D eigenvalue weighted by atomic mass is 10.2. The number of hydrogen-bond donors (Lipinski definition) is 1. The van der Waals surface area contributed by atoms with Crippen molar-refractivity contribution in [2.75, 3.05) is 27.8 Å². The first-order chi connectivity index (χ1) is 8.63. The first-order valence-corrected chi connectivity index (χ1v) is 6.10. The first kappa shape index (κ1) is 14.7. The molecule has 1 aromatic rings. The molecule has 0 amide bonds. The standard InChI is InChI=1S/C13H23N3O2/c1-10(5-7-14)16(2)9-11-13(18-4)12(17-3)6-8-15-11/h6,8,10H,5,7,9,14H2,1-4H3. The van der Waals surface area contributed by atoms with E-state index >= 15 is 0 Å². The second kappa shape index (κ2) is 7.18. The molecule has 1 aromatic heterocycles. The Morgan fingerprint density at radius 2 is 2.11 bits per heavy atom. The van der Waals surface area contributed by atoms with E-state index in [1.165, 1.54) is 0 Å². The molecule has 1 atom stereocenters. The predicted octanol–water partition coefficient (Wildman–Crippen LogP) is 1.27. The van der Waals surface area contributed by atoms with Gasteiger partial charge in [-0.3, -0.25) is 9.88 Å². The van der Waals surface area contributed by atoms with E-state index in [4.69, 9.17) is 15.2 Å². The van der Waals surface area contributed by atoms with Gasteiger partial charge in [-0.15, -0.1) is 0 Å². The van der Waals surface area contributed by atoms with Crippen molar-refractivity contribution in [1.82, 2.24) is 9.88 Å². The maximum atomic E-state index is 5.58. The smallest absolute Gasteiger partial charge is 0.183 e. The second-order valence-corrected chi connectivity index (χ2v) is 4.33. The zero-order chi connectivity index (χ0) is 13.5. The van der Waals surface area contributed by atoms with Gasteiger partial charge >= 0.3 is 0 Å². The van der Waals surface area contributed by atoms with E-state index in [1.807, 2.05) is 0 Å². The van der Waals surface area contributed by atoms with Gasteiger partial charge in [0.15, 0.2) is 11.5 Å². The van der Waals surface area contributed by atoms with E-state index in [2.05, 4.69) is 23.9 Å². The molecule has 0 spiro atoms. The fourth-order valence-electron chi connectivity index (χ4n) is 1.82. The molecular formula is C13H23N3O2. The van der Waals surface area contributed by atoms with Crippen molar-refractivity contribution in [1.29, 1.82) is 0 Å². The Morgan fingerprint density at radius 3 is 2.67 bits per heavy atom. The van der Waals surface area contributed by atoms with Gasteiger partial charge in [-0.05, 0) is 26.9 Å². The van der Waals surface area contributed by atoms with Crippen LogP contribution >= 0.6 is 0 Å². The average molecular weight is 253 g/mol. The molecule has 0 saturated carbocycles. The van der Waals surface area contributed by atoms with Crippen molar-refractivity contribution in [3.8, 4) is 11.5 Å². The summed E-state index contributed by atoms with van der Waals surface area (Å²) >= 11 is 0. The number of ether oxygens (including phenoxy) is 2. The molecule has 0 aliphatic carbocycles. The summed E-state index contributed by atoms with van der Waals surface area (Å²) in [4.78, 5) is 6.57. The van der Waals surface area contributed by atoms with Crippen LogP contribution in [0, 0.1) is 0 Å². The summed E-state index contributed by atoms with van der Waals surface area (Å²) in [6.45, 7) is 3.55. The minimum absolute atomic E-state index is 0.410. The van der Waals surface area contributed by atoms with E-state index in [1.54, 1.807) is 26.5 Å². The molecule has 0 bridgehead atoms. The Balaban J connectivity index is 2.83. The highest BCUT2D eigenvalue weighted by Crippen LogP contribution is 2.29. The van der Waals surface area contributed by atoms with Crippen LogP contribution in [0.4, 0.5) is 0 Å². The number of hydrogen-bond acceptors (Lipinski definition) is 5. The third-order valence-electron chi connectivity index (χ3n) is 3.10. The van der Waals surface area contributed by atoms with Crippen LogP contribution in [0.2, 0.25) is 0 Å². The Labute approximate surface area is 109 Å². The highest BCUT2D eigenvalue weighted by molar-refractivity contribution is 5.42. The summed E-state index contributed by atoms with van der Waals surface area (Å²) < 4.78 is 10.6. The molecule has 102 valence electrons. The van der Waals surface area contributed by atoms with E-state index in [0.717, 1.165) is 12.1 Å². The molecule has 0 aliphatic rings. The minimum Gasteiger partial charge on any atom is -0.493 e. The van der Waals surface area contributed by atoms with E-state index in [9.17, 15) is 0 Å². The normalized spacial score (nSPS) is 12.6. The molecule has 0 fully saturated rings. The maximum Gasteiger partial charge on any atom is 0.183 e. The summed E-state index contributed by atoms with van der Waals surface area (Å²) in [6.07, 6.45) is 2.70. The fourth-order valence-corrected chi connectivity index (χ4v) is 1.82. The molecule has 1 unspecified atom stereocenters. The lowest BCUT2D eigenvalue weighted by molar-refractivity contribution is 0.232. The largest absolute Gasteiger partial charge is 0.493 e. The van der Waals surface area contributed by atoms with E-state index in [-0.39, 0.29) is 0 Å². The van der Waals surface area contributed by atoms with Crippen LogP contribution in [0.1, 0.15) is 19.0 Å². The topological polar surface area (TPSA) is 60.6 Å². The van der Waals surface area contributed by atoms with E-state index in [0.29, 0.717) is 30.6 Å². The molecule has 5 heteroatoms. The molecule has 0 aliphatic heterocycles. The third-order valence-corrected chi connectivity index (χ3v) is 3.10. The van der Waals surface area contributed by atoms with Gasteiger partial charge in [-0.1, -0.05) is 0 Å². The summed E-state index contributed by atoms with van der Waals surface area (Å²) in [7, 11) is 5.32. The van der Waals surface area contributed by atoms with Gasteiger partial charge in [0, 0.05) is 24.8 Å². The number of nitrogens with zero attached hydrogens (tertiary/aromatic N) is 2. The molecule has 2 N–H and O–H groups in total. The van der Waals surface area contributed by atoms with Gasteiger partial charge in [-0.2, -0.15) is 0 Å². The Morgan fingerprint density at radius 1 is 1.39 bits per heavy atom. The van der Waals surface area contributed by atoms with Gasteiger partial charge in [0.25, 0.3) is 0 Å². The summed E-state index contributed by atoms with van der Waals surface area (Å²) in [5.74, 6) is 1.41. The van der Waals surface area contributed by atoms with Crippen molar-refractivity contribution in [3.05, 3.63) is 18.0 Å². The van der Waals surface area contributed by atoms with Crippen LogP contribution in [0.5, 0.6) is 11.5 Å². The lowest BCUT2D eigenvalue weighted by Gasteiger charge is -2.24. The summed E-state index contributed by atoms with van der Waals surface area (Å²) in [6, 6.07) is 2.21. The predicted molar refractivity (Wildman–Crippen MR) is 71.9 cm³/mol. The number of nitrogens with two attached hydrogens (primary N) is 1. The molecule has 5 nitrogen and oxygen atoms in total. The van der Waals surface area contributed by atoms with Gasteiger partial charge < -0.3 is 15.2 Å². The molecule has 0 saturated heterocycles. The average Bonchev–Trinajstić information content (AvgIpc) is 2.38. The number of rotatable bonds is 7. The van der Waals surface area contributed by atoms with Gasteiger partial charge in [0.2, 0.25) is 0 Å². The molecule has 18 heavy (non-hydrogen) atoms. The SMILES string of the molecule is COc1ccnc(CN(C)C(C)CCN)c1OC. The van der Waals surface area contributed by atoms with Crippen LogP contribution in [0.15, 0.2) is 12.3 Å². The summed E-state index contributed by atoms with van der Waals surface area (Å²) in [5, 5.41) is 0. The fraction of sp³-hybridized carbons (Fsp3) is 0.615. The zero-order valence-corrected chi connectivity index (χ0v) is 11.6. The maximum absolute atomic E-state index is 5.58. The molecule has 0 radical (unpaired) electrons. The summed E-state index contributed by atoms with van der Waals surface area (Å²) in [5.41, 5.74) is 6.45. The van der Waals surface area contributed by atoms with Crippen LogP contribution in [-0.4, -0.2) is 43.7 Å². The second-order valence-electron chi connectivity index (χ2n) is 4.33. The van der Waals surface area contributed by atoms with Gasteiger partial charge in [-0.25, -0.2) is 0 Å². The van der Waals surface area contributed by atoms with Crippen molar-refractivity contribution in [2.24, 2.45) is 5.73 Å². The Bertz CT molecular complexity index is 371. The van der Waals surface area contributed by atoms with Crippen molar-refractivity contribution >= 4 is 0 Å². The quantitative estimate of drug-likeness (QED) is 0.793. The first-order valence-electron chi connectivity index (χ1n) is 6.10. The van der Waals surface area contributed by atoms with Crippen LogP contribution in [0.25, 0.3) is 0 Å². The molecule has 0 aromatic carbocycles. The highest BCUT2D eigenvalue weighted by Gasteiger charge is 2.15. The Kier molecular flexibility index (Phi) is 5.88. The monoisotopic (exact) mass is 253 g/mol. The molecule has 1 heterocycles. The number of aromatic nitrogens is 1. The van der Waals surface area contributed by atoms with E-state index < -0.39 is 0 Å².